The molecule has 134 valence electrons. The fraction of sp³-hybridized carbons (Fsp3) is 0.588. The highest BCUT2D eigenvalue weighted by Crippen LogP contribution is 2.23. The van der Waals surface area contributed by atoms with Crippen molar-refractivity contribution >= 4 is 6.03 Å². The van der Waals surface area contributed by atoms with Gasteiger partial charge in [-0.1, -0.05) is 31.9 Å². The maximum atomic E-state index is 12.1. The summed E-state index contributed by atoms with van der Waals surface area (Å²) in [4.78, 5) is 11.9. The van der Waals surface area contributed by atoms with Crippen molar-refractivity contribution < 1.29 is 22.7 Å². The van der Waals surface area contributed by atoms with Crippen LogP contribution < -0.4 is 15.4 Å². The Kier molecular flexibility index (Phi) is 6.34. The molecular formula is C17H23F3N2O2. The van der Waals surface area contributed by atoms with Gasteiger partial charge in [-0.15, -0.1) is 0 Å². The van der Waals surface area contributed by atoms with Gasteiger partial charge in [-0.05, 0) is 36.5 Å². The molecule has 0 spiro atoms. The molecule has 0 aromatic heterocycles. The first-order valence-electron chi connectivity index (χ1n) is 8.16. The minimum absolute atomic E-state index is 0.150. The SMILES string of the molecule is C[C@@H]1CCCC[C@@H]1NC(=O)NCc1ccc(OCC(F)(F)F)cc1. The number of halogens is 3. The van der Waals surface area contributed by atoms with Crippen molar-refractivity contribution in [2.24, 2.45) is 5.92 Å². The Morgan fingerprint density at radius 2 is 1.88 bits per heavy atom. The lowest BCUT2D eigenvalue weighted by atomic mass is 9.86. The highest BCUT2D eigenvalue weighted by Gasteiger charge is 2.28. The fourth-order valence-corrected chi connectivity index (χ4v) is 2.80. The summed E-state index contributed by atoms with van der Waals surface area (Å²) in [5.41, 5.74) is 0.793. The van der Waals surface area contributed by atoms with E-state index in [0.29, 0.717) is 12.5 Å². The van der Waals surface area contributed by atoms with Crippen molar-refractivity contribution in [1.29, 1.82) is 0 Å². The molecule has 0 bridgehead atoms. The van der Waals surface area contributed by atoms with Crippen molar-refractivity contribution in [2.45, 2.75) is 51.4 Å². The van der Waals surface area contributed by atoms with Gasteiger partial charge in [0.2, 0.25) is 0 Å². The number of rotatable bonds is 5. The van der Waals surface area contributed by atoms with Gasteiger partial charge in [-0.2, -0.15) is 13.2 Å². The number of hydrogen-bond acceptors (Lipinski definition) is 2. The van der Waals surface area contributed by atoms with Gasteiger partial charge in [0.15, 0.2) is 6.61 Å². The van der Waals surface area contributed by atoms with Gasteiger partial charge in [0, 0.05) is 12.6 Å². The largest absolute Gasteiger partial charge is 0.484 e. The predicted molar refractivity (Wildman–Crippen MR) is 84.8 cm³/mol. The Hall–Kier alpha value is -1.92. The van der Waals surface area contributed by atoms with Crippen molar-refractivity contribution in [2.75, 3.05) is 6.61 Å². The first kappa shape index (κ1) is 18.4. The molecule has 7 heteroatoms. The van der Waals surface area contributed by atoms with Crippen LogP contribution in [0.2, 0.25) is 0 Å². The Balaban J connectivity index is 1.74. The Bertz CT molecular complexity index is 532. The van der Waals surface area contributed by atoms with Crippen molar-refractivity contribution in [3.8, 4) is 5.75 Å². The molecule has 0 aliphatic heterocycles. The number of urea groups is 1. The molecule has 2 rings (SSSR count). The number of nitrogens with one attached hydrogen (secondary N) is 2. The third-order valence-corrected chi connectivity index (χ3v) is 4.21. The smallest absolute Gasteiger partial charge is 0.422 e. The van der Waals surface area contributed by atoms with E-state index in [0.717, 1.165) is 24.8 Å². The molecule has 1 fully saturated rings. The van der Waals surface area contributed by atoms with Crippen molar-refractivity contribution in [1.82, 2.24) is 10.6 Å². The highest BCUT2D eigenvalue weighted by molar-refractivity contribution is 5.74. The molecule has 1 aromatic rings. The zero-order chi connectivity index (χ0) is 17.6. The van der Waals surface area contributed by atoms with E-state index in [1.807, 2.05) is 0 Å². The molecule has 2 N–H and O–H groups in total. The van der Waals surface area contributed by atoms with Gasteiger partial charge in [0.25, 0.3) is 0 Å². The van der Waals surface area contributed by atoms with Gasteiger partial charge >= 0.3 is 12.2 Å². The van der Waals surface area contributed by atoms with E-state index in [1.165, 1.54) is 18.6 Å². The average molecular weight is 344 g/mol. The monoisotopic (exact) mass is 344 g/mol. The van der Waals surface area contributed by atoms with Crippen LogP contribution in [0.5, 0.6) is 5.75 Å². The molecule has 0 unspecified atom stereocenters. The van der Waals surface area contributed by atoms with Gasteiger partial charge < -0.3 is 15.4 Å². The zero-order valence-electron chi connectivity index (χ0n) is 13.7. The van der Waals surface area contributed by atoms with Crippen LogP contribution >= 0.6 is 0 Å². The summed E-state index contributed by atoms with van der Waals surface area (Å²) in [5.74, 6) is 0.631. The van der Waals surface area contributed by atoms with Crippen molar-refractivity contribution in [3.63, 3.8) is 0 Å². The van der Waals surface area contributed by atoms with E-state index >= 15 is 0 Å². The summed E-state index contributed by atoms with van der Waals surface area (Å²) in [5, 5.41) is 5.76. The quantitative estimate of drug-likeness (QED) is 0.848. The number of amides is 2. The summed E-state index contributed by atoms with van der Waals surface area (Å²) >= 11 is 0. The van der Waals surface area contributed by atoms with Crippen LogP contribution in [0.15, 0.2) is 24.3 Å². The number of benzene rings is 1. The fourth-order valence-electron chi connectivity index (χ4n) is 2.80. The van der Waals surface area contributed by atoms with E-state index in [2.05, 4.69) is 22.3 Å². The molecule has 1 aromatic carbocycles. The van der Waals surface area contributed by atoms with Gasteiger partial charge in [-0.25, -0.2) is 4.79 Å². The summed E-state index contributed by atoms with van der Waals surface area (Å²) in [6.07, 6.45) is 0.122. The van der Waals surface area contributed by atoms with Crippen LogP contribution in [0, 0.1) is 5.92 Å². The second-order valence-corrected chi connectivity index (χ2v) is 6.24. The van der Waals surface area contributed by atoms with E-state index in [-0.39, 0.29) is 17.8 Å². The summed E-state index contributed by atoms with van der Waals surface area (Å²) in [6.45, 7) is 1.14. The predicted octanol–water partition coefficient (Wildman–Crippen LogP) is 4.01. The van der Waals surface area contributed by atoms with Crippen LogP contribution in [0.25, 0.3) is 0 Å². The lowest BCUT2D eigenvalue weighted by molar-refractivity contribution is -0.153. The molecule has 2 amide bonds. The normalized spacial score (nSPS) is 21.2. The highest BCUT2D eigenvalue weighted by atomic mass is 19.4. The van der Waals surface area contributed by atoms with Crippen LogP contribution in [0.4, 0.5) is 18.0 Å². The lowest BCUT2D eigenvalue weighted by Crippen LogP contribution is -2.45. The molecule has 1 aliphatic carbocycles. The van der Waals surface area contributed by atoms with E-state index in [4.69, 9.17) is 0 Å². The zero-order valence-corrected chi connectivity index (χ0v) is 13.7. The molecule has 0 heterocycles. The summed E-state index contributed by atoms with van der Waals surface area (Å²) < 4.78 is 40.9. The standard InChI is InChI=1S/C17H23F3N2O2/c1-12-4-2-3-5-15(12)22-16(23)21-10-13-6-8-14(9-7-13)24-11-17(18,19)20/h6-9,12,15H,2-5,10-11H2,1H3,(H2,21,22,23)/t12-,15+/m1/s1. The Morgan fingerprint density at radius 1 is 1.21 bits per heavy atom. The topological polar surface area (TPSA) is 50.4 Å². The molecule has 1 saturated carbocycles. The van der Waals surface area contributed by atoms with Crippen molar-refractivity contribution in [3.05, 3.63) is 29.8 Å². The van der Waals surface area contributed by atoms with Crippen LogP contribution in [-0.2, 0) is 6.54 Å². The third kappa shape index (κ3) is 6.29. The van der Waals surface area contributed by atoms with Gasteiger partial charge in [0.1, 0.15) is 5.75 Å². The number of carbonyl (C=O) groups excluding carboxylic acids is 1. The number of ether oxygens (including phenoxy) is 1. The second-order valence-electron chi connectivity index (χ2n) is 6.24. The third-order valence-electron chi connectivity index (χ3n) is 4.21. The molecule has 0 radical (unpaired) electrons. The van der Waals surface area contributed by atoms with E-state index in [9.17, 15) is 18.0 Å². The van der Waals surface area contributed by atoms with Gasteiger partial charge in [0.05, 0.1) is 0 Å². The number of hydrogen-bond donors (Lipinski definition) is 2. The Labute approximate surface area is 139 Å². The second kappa shape index (κ2) is 8.26. The van der Waals surface area contributed by atoms with Crippen LogP contribution in [0.3, 0.4) is 0 Å². The lowest BCUT2D eigenvalue weighted by Gasteiger charge is -2.29. The summed E-state index contributed by atoms with van der Waals surface area (Å²) in [6, 6.07) is 6.18. The van der Waals surface area contributed by atoms with E-state index < -0.39 is 12.8 Å². The van der Waals surface area contributed by atoms with Crippen LogP contribution in [0.1, 0.15) is 38.2 Å². The molecule has 24 heavy (non-hydrogen) atoms. The first-order chi connectivity index (χ1) is 11.3. The first-order valence-corrected chi connectivity index (χ1v) is 8.16. The van der Waals surface area contributed by atoms with E-state index in [1.54, 1.807) is 12.1 Å². The Morgan fingerprint density at radius 3 is 2.50 bits per heavy atom. The molecule has 2 atom stereocenters. The maximum absolute atomic E-state index is 12.1. The van der Waals surface area contributed by atoms with Crippen LogP contribution in [-0.4, -0.2) is 24.9 Å². The average Bonchev–Trinajstić information content (AvgIpc) is 2.53. The van der Waals surface area contributed by atoms with Gasteiger partial charge in [-0.3, -0.25) is 0 Å². The number of carbonyl (C=O) groups is 1. The molecule has 1 aliphatic rings. The molecule has 0 saturated heterocycles. The molecule has 4 nitrogen and oxygen atoms in total. The maximum Gasteiger partial charge on any atom is 0.422 e. The minimum atomic E-state index is -4.35. The number of alkyl halides is 3. The minimum Gasteiger partial charge on any atom is -0.484 e. The summed E-state index contributed by atoms with van der Waals surface area (Å²) in [7, 11) is 0. The molecular weight excluding hydrogens is 321 g/mol.